The molecule has 0 radical (unpaired) electrons. The number of benzene rings is 2. The van der Waals surface area contributed by atoms with E-state index in [9.17, 15) is 14.0 Å². The highest BCUT2D eigenvalue weighted by molar-refractivity contribution is 5.99. The molecule has 2 aromatic carbocycles. The lowest BCUT2D eigenvalue weighted by Crippen LogP contribution is -2.46. The van der Waals surface area contributed by atoms with Crippen molar-refractivity contribution in [1.29, 1.82) is 0 Å². The number of likely N-dealkylation sites (tertiary alicyclic amines) is 1. The SMILES string of the molecule is O=C(NC1CCN(C(=O)c2cccnc2)CC1)c1ccc2[nH]c3c(c2c1)CN(c1ccc(F)cc1)CC3. The van der Waals surface area contributed by atoms with E-state index in [2.05, 4.69) is 20.2 Å². The second kappa shape index (κ2) is 9.69. The quantitative estimate of drug-likeness (QED) is 0.441. The number of nitrogens with zero attached hydrogens (tertiary/aromatic N) is 3. The minimum Gasteiger partial charge on any atom is -0.367 e. The molecule has 37 heavy (non-hydrogen) atoms. The van der Waals surface area contributed by atoms with E-state index >= 15 is 0 Å². The Hall–Kier alpha value is -4.20. The highest BCUT2D eigenvalue weighted by Crippen LogP contribution is 2.31. The maximum atomic E-state index is 13.4. The molecule has 0 saturated carbocycles. The number of hydrogen-bond acceptors (Lipinski definition) is 4. The number of aromatic amines is 1. The first kappa shape index (κ1) is 23.2. The zero-order valence-electron chi connectivity index (χ0n) is 20.4. The molecule has 2 N–H and O–H groups in total. The van der Waals surface area contributed by atoms with Crippen molar-refractivity contribution in [2.75, 3.05) is 24.5 Å². The number of hydrogen-bond donors (Lipinski definition) is 2. The van der Waals surface area contributed by atoms with Crippen LogP contribution < -0.4 is 10.2 Å². The maximum absolute atomic E-state index is 13.4. The molecule has 1 fully saturated rings. The molecule has 2 aromatic heterocycles. The summed E-state index contributed by atoms with van der Waals surface area (Å²) in [6, 6.07) is 16.0. The van der Waals surface area contributed by atoms with E-state index < -0.39 is 0 Å². The van der Waals surface area contributed by atoms with Gasteiger partial charge in [-0.05, 0) is 67.4 Å². The number of carbonyl (C=O) groups excluding carboxylic acids is 2. The summed E-state index contributed by atoms with van der Waals surface area (Å²) in [7, 11) is 0. The fourth-order valence-corrected chi connectivity index (χ4v) is 5.40. The summed E-state index contributed by atoms with van der Waals surface area (Å²) in [6.45, 7) is 2.75. The average Bonchev–Trinajstić information content (AvgIpc) is 3.31. The van der Waals surface area contributed by atoms with Gasteiger partial charge in [-0.15, -0.1) is 0 Å². The normalized spacial score (nSPS) is 16.0. The van der Waals surface area contributed by atoms with E-state index in [1.54, 1.807) is 24.5 Å². The maximum Gasteiger partial charge on any atom is 0.255 e. The number of amides is 2. The topological polar surface area (TPSA) is 81.3 Å². The van der Waals surface area contributed by atoms with Crippen molar-refractivity contribution in [3.63, 3.8) is 0 Å². The molecule has 0 spiro atoms. The van der Waals surface area contributed by atoms with Gasteiger partial charge in [0.05, 0.1) is 5.56 Å². The summed E-state index contributed by atoms with van der Waals surface area (Å²) < 4.78 is 13.4. The number of rotatable bonds is 4. The van der Waals surface area contributed by atoms with Gasteiger partial charge in [0.25, 0.3) is 11.8 Å². The Bertz CT molecular complexity index is 1440. The van der Waals surface area contributed by atoms with Crippen LogP contribution in [0.1, 0.15) is 44.8 Å². The Morgan fingerprint density at radius 3 is 2.57 bits per heavy atom. The monoisotopic (exact) mass is 497 g/mol. The summed E-state index contributed by atoms with van der Waals surface area (Å²) in [5.41, 5.74) is 5.60. The first-order valence-corrected chi connectivity index (χ1v) is 12.7. The van der Waals surface area contributed by atoms with Crippen LogP contribution in [-0.2, 0) is 13.0 Å². The van der Waals surface area contributed by atoms with Gasteiger partial charge in [-0.25, -0.2) is 4.39 Å². The fraction of sp³-hybridized carbons (Fsp3) is 0.276. The Morgan fingerprint density at radius 2 is 1.81 bits per heavy atom. The van der Waals surface area contributed by atoms with E-state index in [-0.39, 0.29) is 23.7 Å². The highest BCUT2D eigenvalue weighted by Gasteiger charge is 2.26. The van der Waals surface area contributed by atoms with Crippen LogP contribution in [0.25, 0.3) is 10.9 Å². The molecule has 0 bridgehead atoms. The Kier molecular flexibility index (Phi) is 6.08. The van der Waals surface area contributed by atoms with Crippen molar-refractivity contribution in [2.45, 2.75) is 31.8 Å². The standard InChI is InChI=1S/C29H28FN5O2/c30-21-4-6-23(7-5-21)35-15-11-27-25(18-35)24-16-19(3-8-26(24)33-27)28(36)32-22-9-13-34(14-10-22)29(37)20-2-1-12-31-17-20/h1-8,12,16-17,22,33H,9-11,13-15,18H2,(H,32,36). The second-order valence-electron chi connectivity index (χ2n) is 9.77. The molecule has 4 aromatic rings. The second-order valence-corrected chi connectivity index (χ2v) is 9.77. The summed E-state index contributed by atoms with van der Waals surface area (Å²) in [4.78, 5) is 37.4. The number of fused-ring (bicyclic) bond motifs is 3. The molecule has 1 saturated heterocycles. The number of anilines is 1. The first-order valence-electron chi connectivity index (χ1n) is 12.7. The third kappa shape index (κ3) is 4.67. The molecule has 2 amide bonds. The van der Waals surface area contributed by atoms with Gasteiger partial charge < -0.3 is 20.1 Å². The number of piperidine rings is 1. The number of nitrogens with one attached hydrogen (secondary N) is 2. The van der Waals surface area contributed by atoms with Crippen LogP contribution >= 0.6 is 0 Å². The number of pyridine rings is 1. The van der Waals surface area contributed by atoms with Crippen molar-refractivity contribution < 1.29 is 14.0 Å². The van der Waals surface area contributed by atoms with E-state index in [4.69, 9.17) is 0 Å². The van der Waals surface area contributed by atoms with E-state index in [0.29, 0.717) is 43.6 Å². The van der Waals surface area contributed by atoms with Gasteiger partial charge in [0.2, 0.25) is 0 Å². The van der Waals surface area contributed by atoms with Gasteiger partial charge in [0.15, 0.2) is 0 Å². The molecule has 4 heterocycles. The zero-order valence-corrected chi connectivity index (χ0v) is 20.4. The number of carbonyl (C=O) groups is 2. The predicted octanol–water partition coefficient (Wildman–Crippen LogP) is 4.30. The van der Waals surface area contributed by atoms with Gasteiger partial charge in [0, 0.05) is 84.4 Å². The van der Waals surface area contributed by atoms with Crippen LogP contribution in [0.15, 0.2) is 67.0 Å². The molecule has 2 aliphatic rings. The third-order valence-electron chi connectivity index (χ3n) is 7.46. The summed E-state index contributed by atoms with van der Waals surface area (Å²) >= 11 is 0. The van der Waals surface area contributed by atoms with Crippen molar-refractivity contribution in [2.24, 2.45) is 0 Å². The van der Waals surface area contributed by atoms with E-state index in [0.717, 1.165) is 29.6 Å². The molecule has 0 aliphatic carbocycles. The molecule has 0 atom stereocenters. The Balaban J connectivity index is 1.13. The molecular weight excluding hydrogens is 469 g/mol. The van der Waals surface area contributed by atoms with Gasteiger partial charge in [-0.3, -0.25) is 14.6 Å². The van der Waals surface area contributed by atoms with Crippen LogP contribution in [0.4, 0.5) is 10.1 Å². The largest absolute Gasteiger partial charge is 0.367 e. The lowest BCUT2D eigenvalue weighted by atomic mass is 10.0. The summed E-state index contributed by atoms with van der Waals surface area (Å²) in [5, 5.41) is 4.21. The van der Waals surface area contributed by atoms with E-state index in [1.165, 1.54) is 23.4 Å². The number of aromatic nitrogens is 2. The smallest absolute Gasteiger partial charge is 0.255 e. The molecule has 188 valence electrons. The fourth-order valence-electron chi connectivity index (χ4n) is 5.40. The van der Waals surface area contributed by atoms with Gasteiger partial charge in [0.1, 0.15) is 5.82 Å². The van der Waals surface area contributed by atoms with Crippen LogP contribution in [0, 0.1) is 5.82 Å². The zero-order chi connectivity index (χ0) is 25.4. The lowest BCUT2D eigenvalue weighted by molar-refractivity contribution is 0.0697. The van der Waals surface area contributed by atoms with Crippen LogP contribution in [-0.4, -0.2) is 52.4 Å². The molecule has 2 aliphatic heterocycles. The van der Waals surface area contributed by atoms with Crippen LogP contribution in [0.3, 0.4) is 0 Å². The van der Waals surface area contributed by atoms with Crippen molar-refractivity contribution >= 4 is 28.4 Å². The van der Waals surface area contributed by atoms with Gasteiger partial charge in [-0.2, -0.15) is 0 Å². The predicted molar refractivity (Wildman–Crippen MR) is 140 cm³/mol. The van der Waals surface area contributed by atoms with Crippen molar-refractivity contribution in [3.05, 3.63) is 95.2 Å². The molecule has 0 unspecified atom stereocenters. The van der Waals surface area contributed by atoms with Crippen LogP contribution in [0.2, 0.25) is 0 Å². The highest BCUT2D eigenvalue weighted by atomic mass is 19.1. The van der Waals surface area contributed by atoms with Gasteiger partial charge >= 0.3 is 0 Å². The molecule has 6 rings (SSSR count). The molecule has 8 heteroatoms. The Morgan fingerprint density at radius 1 is 1.00 bits per heavy atom. The third-order valence-corrected chi connectivity index (χ3v) is 7.46. The number of H-pyrrole nitrogens is 1. The summed E-state index contributed by atoms with van der Waals surface area (Å²) in [5.74, 6) is -0.356. The minimum absolute atomic E-state index is 0.0183. The number of halogens is 1. The summed E-state index contributed by atoms with van der Waals surface area (Å²) in [6.07, 6.45) is 5.53. The van der Waals surface area contributed by atoms with E-state index in [1.807, 2.05) is 35.2 Å². The van der Waals surface area contributed by atoms with Crippen LogP contribution in [0.5, 0.6) is 0 Å². The average molecular weight is 498 g/mol. The molecular formula is C29H28FN5O2. The first-order chi connectivity index (χ1) is 18.0. The molecule has 7 nitrogen and oxygen atoms in total. The van der Waals surface area contributed by atoms with Crippen molar-refractivity contribution in [3.8, 4) is 0 Å². The Labute approximate surface area is 214 Å². The lowest BCUT2D eigenvalue weighted by Gasteiger charge is -2.32. The van der Waals surface area contributed by atoms with Crippen molar-refractivity contribution in [1.82, 2.24) is 20.2 Å². The minimum atomic E-state index is -0.241. The van der Waals surface area contributed by atoms with Gasteiger partial charge in [-0.1, -0.05) is 0 Å².